The first kappa shape index (κ1) is 14.7. The average Bonchev–Trinajstić information content (AvgIpc) is 2.32. The summed E-state index contributed by atoms with van der Waals surface area (Å²) in [6.07, 6.45) is 4.81. The van der Waals surface area contributed by atoms with E-state index in [0.717, 1.165) is 25.8 Å². The summed E-state index contributed by atoms with van der Waals surface area (Å²) in [4.78, 5) is 2.56. The Morgan fingerprint density at radius 2 is 1.94 bits per heavy atom. The molecule has 1 saturated heterocycles. The molecule has 0 radical (unpaired) electrons. The van der Waals surface area contributed by atoms with Crippen LogP contribution in [0.4, 0.5) is 0 Å². The van der Waals surface area contributed by atoms with Gasteiger partial charge in [-0.15, -0.1) is 6.58 Å². The number of piperidine rings is 1. The highest BCUT2D eigenvalue weighted by Crippen LogP contribution is 2.45. The minimum atomic E-state index is -0.189. The van der Waals surface area contributed by atoms with Crippen LogP contribution in [0.25, 0.3) is 0 Å². The fourth-order valence-electron chi connectivity index (χ4n) is 3.42. The van der Waals surface area contributed by atoms with Crippen LogP contribution in [0, 0.1) is 5.92 Å². The van der Waals surface area contributed by atoms with Crippen molar-refractivity contribution in [2.45, 2.75) is 71.1 Å². The van der Waals surface area contributed by atoms with Crippen molar-refractivity contribution in [1.82, 2.24) is 4.90 Å². The molecule has 0 aliphatic carbocycles. The zero-order valence-corrected chi connectivity index (χ0v) is 12.2. The van der Waals surface area contributed by atoms with Gasteiger partial charge in [-0.2, -0.15) is 0 Å². The Labute approximate surface area is 107 Å². The van der Waals surface area contributed by atoms with Gasteiger partial charge in [0.2, 0.25) is 0 Å². The third-order valence-electron chi connectivity index (χ3n) is 5.26. The molecule has 2 heteroatoms. The molecule has 17 heavy (non-hydrogen) atoms. The Morgan fingerprint density at radius 1 is 1.35 bits per heavy atom. The number of hydrogen-bond acceptors (Lipinski definition) is 2. The molecule has 0 bridgehead atoms. The van der Waals surface area contributed by atoms with Gasteiger partial charge in [-0.3, -0.25) is 4.90 Å². The Balaban J connectivity index is 3.16. The van der Waals surface area contributed by atoms with Crippen LogP contribution in [0.15, 0.2) is 12.7 Å². The van der Waals surface area contributed by atoms with Crippen LogP contribution >= 0.6 is 0 Å². The van der Waals surface area contributed by atoms with E-state index in [4.69, 9.17) is 0 Å². The van der Waals surface area contributed by atoms with Crippen LogP contribution in [0.1, 0.15) is 53.9 Å². The second-order valence-electron chi connectivity index (χ2n) is 6.02. The third kappa shape index (κ3) is 2.30. The van der Waals surface area contributed by atoms with Crippen molar-refractivity contribution < 1.29 is 5.11 Å². The maximum absolute atomic E-state index is 10.3. The third-order valence-corrected chi connectivity index (χ3v) is 5.26. The van der Waals surface area contributed by atoms with Crippen molar-refractivity contribution in [3.05, 3.63) is 12.7 Å². The Morgan fingerprint density at radius 3 is 2.35 bits per heavy atom. The first-order valence-electron chi connectivity index (χ1n) is 6.92. The fourth-order valence-corrected chi connectivity index (χ4v) is 3.42. The number of rotatable bonds is 4. The minimum Gasteiger partial charge on any atom is -0.393 e. The lowest BCUT2D eigenvalue weighted by Gasteiger charge is -2.59. The van der Waals surface area contributed by atoms with E-state index in [1.165, 1.54) is 0 Å². The Bertz CT molecular complexity index is 278. The standard InChI is InChI=1S/C15H29NO/c1-7-10-16-14(5,8-2)11-13(17)12(4)15(16,6)9-3/h7,12-13,17H,1,8-11H2,2-6H3. The summed E-state index contributed by atoms with van der Waals surface area (Å²) in [5, 5.41) is 10.3. The number of likely N-dealkylation sites (tertiary alicyclic amines) is 1. The Hall–Kier alpha value is -0.340. The van der Waals surface area contributed by atoms with Gasteiger partial charge >= 0.3 is 0 Å². The molecule has 0 aromatic heterocycles. The van der Waals surface area contributed by atoms with Gasteiger partial charge in [-0.1, -0.05) is 26.8 Å². The van der Waals surface area contributed by atoms with Gasteiger partial charge in [0.25, 0.3) is 0 Å². The largest absolute Gasteiger partial charge is 0.393 e. The van der Waals surface area contributed by atoms with Crippen LogP contribution in [0.3, 0.4) is 0 Å². The molecule has 1 aliphatic heterocycles. The van der Waals surface area contributed by atoms with E-state index in [0.29, 0.717) is 5.92 Å². The topological polar surface area (TPSA) is 23.5 Å². The predicted molar refractivity (Wildman–Crippen MR) is 74.1 cm³/mol. The van der Waals surface area contributed by atoms with Gasteiger partial charge in [0.1, 0.15) is 0 Å². The van der Waals surface area contributed by atoms with Gasteiger partial charge in [0.05, 0.1) is 6.10 Å². The number of nitrogens with zero attached hydrogens (tertiary/aromatic N) is 1. The lowest BCUT2D eigenvalue weighted by molar-refractivity contribution is -0.130. The highest BCUT2D eigenvalue weighted by Gasteiger charge is 2.51. The molecular formula is C15H29NO. The Kier molecular flexibility index (Phi) is 4.43. The monoisotopic (exact) mass is 239 g/mol. The molecule has 1 heterocycles. The maximum atomic E-state index is 10.3. The molecular weight excluding hydrogens is 210 g/mol. The summed E-state index contributed by atoms with van der Waals surface area (Å²) >= 11 is 0. The quantitative estimate of drug-likeness (QED) is 0.762. The summed E-state index contributed by atoms with van der Waals surface area (Å²) in [6, 6.07) is 0. The first-order chi connectivity index (χ1) is 7.85. The van der Waals surface area contributed by atoms with Crippen molar-refractivity contribution in [1.29, 1.82) is 0 Å². The van der Waals surface area contributed by atoms with E-state index < -0.39 is 0 Å². The SMILES string of the molecule is C=CCN1C(C)(CC)CC(O)C(C)C1(C)CC. The maximum Gasteiger partial charge on any atom is 0.0600 e. The molecule has 0 aromatic carbocycles. The zero-order chi connectivity index (χ0) is 13.3. The smallest absolute Gasteiger partial charge is 0.0600 e. The molecule has 0 spiro atoms. The minimum absolute atomic E-state index is 0.0661. The van der Waals surface area contributed by atoms with Crippen LogP contribution in [0.2, 0.25) is 0 Å². The van der Waals surface area contributed by atoms with Crippen molar-refractivity contribution >= 4 is 0 Å². The normalized spacial score (nSPS) is 43.6. The molecule has 4 atom stereocenters. The summed E-state index contributed by atoms with van der Waals surface area (Å²) in [6.45, 7) is 16.0. The molecule has 0 aromatic rings. The first-order valence-corrected chi connectivity index (χ1v) is 6.92. The lowest BCUT2D eigenvalue weighted by Crippen LogP contribution is -2.67. The number of aliphatic hydroxyl groups excluding tert-OH is 1. The van der Waals surface area contributed by atoms with E-state index in [-0.39, 0.29) is 17.2 Å². The summed E-state index contributed by atoms with van der Waals surface area (Å²) in [7, 11) is 0. The highest BCUT2D eigenvalue weighted by molar-refractivity contribution is 5.07. The van der Waals surface area contributed by atoms with Crippen LogP contribution < -0.4 is 0 Å². The second-order valence-corrected chi connectivity index (χ2v) is 6.02. The van der Waals surface area contributed by atoms with Gasteiger partial charge in [0.15, 0.2) is 0 Å². The van der Waals surface area contributed by atoms with Crippen molar-refractivity contribution in [3.63, 3.8) is 0 Å². The molecule has 1 aliphatic rings. The van der Waals surface area contributed by atoms with Crippen molar-refractivity contribution in [2.24, 2.45) is 5.92 Å². The molecule has 1 N–H and O–H groups in total. The predicted octanol–water partition coefficient (Wildman–Crippen LogP) is 3.21. The molecule has 0 saturated carbocycles. The molecule has 1 fully saturated rings. The van der Waals surface area contributed by atoms with Crippen LogP contribution in [0.5, 0.6) is 0 Å². The van der Waals surface area contributed by atoms with E-state index in [9.17, 15) is 5.11 Å². The summed E-state index contributed by atoms with van der Waals surface area (Å²) in [5.41, 5.74) is 0.154. The number of aliphatic hydroxyl groups is 1. The summed E-state index contributed by atoms with van der Waals surface area (Å²) in [5.74, 6) is 0.312. The van der Waals surface area contributed by atoms with E-state index in [1.807, 2.05) is 6.08 Å². The average molecular weight is 239 g/mol. The van der Waals surface area contributed by atoms with E-state index in [1.54, 1.807) is 0 Å². The van der Waals surface area contributed by atoms with Gasteiger partial charge in [0, 0.05) is 23.5 Å². The van der Waals surface area contributed by atoms with Gasteiger partial charge < -0.3 is 5.11 Å². The van der Waals surface area contributed by atoms with Gasteiger partial charge in [-0.25, -0.2) is 0 Å². The van der Waals surface area contributed by atoms with Crippen LogP contribution in [-0.4, -0.2) is 33.7 Å². The molecule has 1 rings (SSSR count). The zero-order valence-electron chi connectivity index (χ0n) is 12.2. The second kappa shape index (κ2) is 5.11. The van der Waals surface area contributed by atoms with E-state index in [2.05, 4.69) is 46.1 Å². The molecule has 4 unspecified atom stereocenters. The highest BCUT2D eigenvalue weighted by atomic mass is 16.3. The lowest BCUT2D eigenvalue weighted by atomic mass is 9.68. The molecule has 0 amide bonds. The number of hydrogen-bond donors (Lipinski definition) is 1. The fraction of sp³-hybridized carbons (Fsp3) is 0.867. The van der Waals surface area contributed by atoms with Crippen LogP contribution in [-0.2, 0) is 0 Å². The molecule has 100 valence electrons. The molecule has 2 nitrogen and oxygen atoms in total. The van der Waals surface area contributed by atoms with E-state index >= 15 is 0 Å². The van der Waals surface area contributed by atoms with Gasteiger partial charge in [-0.05, 0) is 33.1 Å². The summed E-state index contributed by atoms with van der Waals surface area (Å²) < 4.78 is 0. The van der Waals surface area contributed by atoms with Crippen molar-refractivity contribution in [2.75, 3.05) is 6.54 Å². The van der Waals surface area contributed by atoms with Crippen molar-refractivity contribution in [3.8, 4) is 0 Å².